The number of nitrogens with zero attached hydrogens (tertiary/aromatic N) is 1. The first-order chi connectivity index (χ1) is 9.69. The molecule has 0 aliphatic carbocycles. The Hall–Kier alpha value is -3.13. The van der Waals surface area contributed by atoms with E-state index < -0.39 is 11.9 Å². The maximum atomic E-state index is 11.8. The number of nitriles is 1. The fraction of sp³-hybridized carbons (Fsp3) is 0. The van der Waals surface area contributed by atoms with Gasteiger partial charge in [0.05, 0.1) is 11.6 Å². The molecule has 2 rings (SSSR count). The van der Waals surface area contributed by atoms with Crippen LogP contribution in [0.1, 0.15) is 15.9 Å². The van der Waals surface area contributed by atoms with Gasteiger partial charge in [-0.1, -0.05) is 18.2 Å². The molecule has 0 aliphatic rings. The smallest absolute Gasteiger partial charge is 0.308 e. The largest absolute Gasteiger partial charge is 0.326 e. The number of anilines is 1. The van der Waals surface area contributed by atoms with Crippen LogP contribution >= 0.6 is 0 Å². The Bertz CT molecular complexity index is 658. The van der Waals surface area contributed by atoms with Gasteiger partial charge in [-0.15, -0.1) is 0 Å². The summed E-state index contributed by atoms with van der Waals surface area (Å²) in [5.74, 6) is -0.525. The summed E-state index contributed by atoms with van der Waals surface area (Å²) in [7, 11) is 0. The zero-order valence-electron chi connectivity index (χ0n) is 10.5. The minimum Gasteiger partial charge on any atom is -0.308 e. The summed E-state index contributed by atoms with van der Waals surface area (Å²) in [4.78, 5) is 23.4. The van der Waals surface area contributed by atoms with Gasteiger partial charge in [-0.3, -0.25) is 10.1 Å². The van der Waals surface area contributed by atoms with E-state index in [1.165, 1.54) is 24.3 Å². The zero-order chi connectivity index (χ0) is 14.4. The van der Waals surface area contributed by atoms with Crippen LogP contribution in [0.25, 0.3) is 0 Å². The normalized spacial score (nSPS) is 9.35. The van der Waals surface area contributed by atoms with E-state index in [9.17, 15) is 9.59 Å². The first-order valence-electron chi connectivity index (χ1n) is 5.86. The van der Waals surface area contributed by atoms with Crippen LogP contribution in [0.4, 0.5) is 10.5 Å². The van der Waals surface area contributed by atoms with E-state index in [0.717, 1.165) is 0 Å². The Labute approximate surface area is 115 Å². The standard InChI is InChI=1S/C15H11N3O2/c16-10-11-6-8-12(9-7-11)14(19)18-15(20)17-13-4-2-1-3-5-13/h1-9H,(H2,17,18,19,20). The molecule has 0 atom stereocenters. The SMILES string of the molecule is N#Cc1ccc(C(=O)NC(=O)Nc2ccccc2)cc1. The van der Waals surface area contributed by atoms with Gasteiger partial charge in [0.25, 0.3) is 5.91 Å². The number of urea groups is 1. The Balaban J connectivity index is 1.97. The van der Waals surface area contributed by atoms with Crippen molar-refractivity contribution in [2.24, 2.45) is 0 Å². The summed E-state index contributed by atoms with van der Waals surface area (Å²) in [6.07, 6.45) is 0. The molecule has 5 nitrogen and oxygen atoms in total. The van der Waals surface area contributed by atoms with Crippen molar-refractivity contribution in [2.75, 3.05) is 5.32 Å². The number of benzene rings is 2. The van der Waals surface area contributed by atoms with Gasteiger partial charge in [-0.05, 0) is 36.4 Å². The predicted octanol–water partition coefficient (Wildman–Crippen LogP) is 2.52. The molecule has 0 aliphatic heterocycles. The molecule has 0 saturated heterocycles. The molecule has 5 heteroatoms. The van der Waals surface area contributed by atoms with Gasteiger partial charge in [0.2, 0.25) is 0 Å². The first kappa shape index (κ1) is 13.3. The second-order valence-corrected chi connectivity index (χ2v) is 3.96. The summed E-state index contributed by atoms with van der Waals surface area (Å²) >= 11 is 0. The molecular weight excluding hydrogens is 254 g/mol. The number of rotatable bonds is 2. The van der Waals surface area contributed by atoms with Crippen molar-refractivity contribution in [3.63, 3.8) is 0 Å². The molecule has 2 N–H and O–H groups in total. The number of nitrogens with one attached hydrogen (secondary N) is 2. The molecule has 3 amide bonds. The van der Waals surface area contributed by atoms with Crippen molar-refractivity contribution in [1.29, 1.82) is 5.26 Å². The predicted molar refractivity (Wildman–Crippen MR) is 74.1 cm³/mol. The molecule has 0 unspecified atom stereocenters. The minimum atomic E-state index is -0.606. The van der Waals surface area contributed by atoms with Gasteiger partial charge in [-0.25, -0.2) is 4.79 Å². The second kappa shape index (κ2) is 6.16. The van der Waals surface area contributed by atoms with Crippen molar-refractivity contribution in [3.05, 3.63) is 65.7 Å². The van der Waals surface area contributed by atoms with Gasteiger partial charge in [0, 0.05) is 11.3 Å². The maximum Gasteiger partial charge on any atom is 0.326 e. The average molecular weight is 265 g/mol. The monoisotopic (exact) mass is 265 g/mol. The molecular formula is C15H11N3O2. The quantitative estimate of drug-likeness (QED) is 0.875. The van der Waals surface area contributed by atoms with E-state index in [2.05, 4.69) is 10.6 Å². The third-order valence-corrected chi connectivity index (χ3v) is 2.53. The molecule has 2 aromatic carbocycles. The molecule has 98 valence electrons. The topological polar surface area (TPSA) is 82.0 Å². The highest BCUT2D eigenvalue weighted by Crippen LogP contribution is 2.05. The van der Waals surface area contributed by atoms with Crippen molar-refractivity contribution in [2.45, 2.75) is 0 Å². The lowest BCUT2D eigenvalue weighted by molar-refractivity contribution is 0.0967. The number of imide groups is 1. The van der Waals surface area contributed by atoms with Crippen molar-refractivity contribution in [1.82, 2.24) is 5.32 Å². The molecule has 0 saturated carbocycles. The van der Waals surface area contributed by atoms with Crippen LogP contribution in [-0.4, -0.2) is 11.9 Å². The Morgan fingerprint density at radius 3 is 2.20 bits per heavy atom. The third kappa shape index (κ3) is 3.43. The van der Waals surface area contributed by atoms with Crippen LogP contribution in [-0.2, 0) is 0 Å². The Morgan fingerprint density at radius 1 is 0.950 bits per heavy atom. The van der Waals surface area contributed by atoms with Crippen LogP contribution in [0.2, 0.25) is 0 Å². The van der Waals surface area contributed by atoms with Crippen LogP contribution in [0.15, 0.2) is 54.6 Å². The zero-order valence-corrected chi connectivity index (χ0v) is 10.5. The van der Waals surface area contributed by atoms with Crippen LogP contribution in [0.5, 0.6) is 0 Å². The first-order valence-corrected chi connectivity index (χ1v) is 5.86. The van der Waals surface area contributed by atoms with Gasteiger partial charge < -0.3 is 5.32 Å². The van der Waals surface area contributed by atoms with E-state index in [1.807, 2.05) is 12.1 Å². The number of carbonyl (C=O) groups is 2. The summed E-state index contributed by atoms with van der Waals surface area (Å²) in [6, 6.07) is 16.2. The van der Waals surface area contributed by atoms with E-state index >= 15 is 0 Å². The van der Waals surface area contributed by atoms with Crippen LogP contribution in [0, 0.1) is 11.3 Å². The molecule has 0 spiro atoms. The molecule has 20 heavy (non-hydrogen) atoms. The minimum absolute atomic E-state index is 0.312. The van der Waals surface area contributed by atoms with Crippen molar-refractivity contribution >= 4 is 17.6 Å². The maximum absolute atomic E-state index is 11.8. The van der Waals surface area contributed by atoms with E-state index in [4.69, 9.17) is 5.26 Å². The van der Waals surface area contributed by atoms with Crippen LogP contribution < -0.4 is 10.6 Å². The van der Waals surface area contributed by atoms with Gasteiger partial charge in [0.15, 0.2) is 0 Å². The fourth-order valence-electron chi connectivity index (χ4n) is 1.56. The molecule has 0 bridgehead atoms. The Morgan fingerprint density at radius 2 is 1.60 bits per heavy atom. The van der Waals surface area contributed by atoms with Gasteiger partial charge >= 0.3 is 6.03 Å². The summed E-state index contributed by atoms with van der Waals surface area (Å²) < 4.78 is 0. The number of hydrogen-bond donors (Lipinski definition) is 2. The second-order valence-electron chi connectivity index (χ2n) is 3.96. The van der Waals surface area contributed by atoms with Crippen molar-refractivity contribution in [3.8, 4) is 6.07 Å². The Kier molecular flexibility index (Phi) is 4.10. The number of hydrogen-bond acceptors (Lipinski definition) is 3. The lowest BCUT2D eigenvalue weighted by atomic mass is 10.1. The van der Waals surface area contributed by atoms with E-state index in [1.54, 1.807) is 24.3 Å². The average Bonchev–Trinajstić information content (AvgIpc) is 2.48. The number of carbonyl (C=O) groups excluding carboxylic acids is 2. The highest BCUT2D eigenvalue weighted by molar-refractivity contribution is 6.07. The molecule has 2 aromatic rings. The number of amides is 3. The lowest BCUT2D eigenvalue weighted by Crippen LogP contribution is -2.34. The van der Waals surface area contributed by atoms with Gasteiger partial charge in [-0.2, -0.15) is 5.26 Å². The molecule has 0 fully saturated rings. The summed E-state index contributed by atoms with van der Waals surface area (Å²) in [5, 5.41) is 13.4. The fourth-order valence-corrected chi connectivity index (χ4v) is 1.56. The molecule has 0 aromatic heterocycles. The van der Waals surface area contributed by atoms with Gasteiger partial charge in [0.1, 0.15) is 0 Å². The van der Waals surface area contributed by atoms with Crippen LogP contribution in [0.3, 0.4) is 0 Å². The van der Waals surface area contributed by atoms with E-state index in [0.29, 0.717) is 16.8 Å². The molecule has 0 heterocycles. The summed E-state index contributed by atoms with van der Waals surface area (Å²) in [5.41, 5.74) is 1.36. The number of para-hydroxylation sites is 1. The third-order valence-electron chi connectivity index (χ3n) is 2.53. The highest BCUT2D eigenvalue weighted by atomic mass is 16.2. The highest BCUT2D eigenvalue weighted by Gasteiger charge is 2.10. The summed E-state index contributed by atoms with van der Waals surface area (Å²) in [6.45, 7) is 0. The van der Waals surface area contributed by atoms with E-state index in [-0.39, 0.29) is 0 Å². The van der Waals surface area contributed by atoms with Crippen molar-refractivity contribution < 1.29 is 9.59 Å². The molecule has 0 radical (unpaired) electrons. The lowest BCUT2D eigenvalue weighted by Gasteiger charge is -2.06.